The SMILES string of the molecule is CCOc1c(Cl)cc(CNC2=NCC3CN(C(=O)OC(C)(C)C)CCN23)cc1OC.I. The summed E-state index contributed by atoms with van der Waals surface area (Å²) >= 11 is 6.37. The van der Waals surface area contributed by atoms with E-state index in [9.17, 15) is 4.79 Å². The normalized spacial score (nSPS) is 18.0. The van der Waals surface area contributed by atoms with Gasteiger partial charge in [0.25, 0.3) is 0 Å². The number of nitrogens with one attached hydrogen (secondary N) is 1. The van der Waals surface area contributed by atoms with Crippen molar-refractivity contribution in [2.75, 3.05) is 39.9 Å². The van der Waals surface area contributed by atoms with E-state index < -0.39 is 5.60 Å². The standard InChI is InChI=1S/C21H31ClN4O4.HI/c1-6-29-18-16(22)9-14(10-17(18)28-5)11-23-19-24-12-15-13-25(7-8-26(15)19)20(27)30-21(2,3)4;/h9-10,15H,6-8,11-13H2,1-5H3,(H,23,24);1H. The Kier molecular flexibility index (Phi) is 8.93. The fourth-order valence-corrected chi connectivity index (χ4v) is 3.85. The number of amides is 1. The van der Waals surface area contributed by atoms with Crippen LogP contribution in [0.1, 0.15) is 33.3 Å². The molecule has 1 amide bonds. The molecule has 8 nitrogen and oxygen atoms in total. The van der Waals surface area contributed by atoms with Gasteiger partial charge < -0.3 is 29.3 Å². The lowest BCUT2D eigenvalue weighted by Crippen LogP contribution is -2.57. The van der Waals surface area contributed by atoms with E-state index in [2.05, 4.69) is 15.2 Å². The minimum absolute atomic E-state index is 0. The van der Waals surface area contributed by atoms with Crippen molar-refractivity contribution in [2.45, 2.75) is 45.9 Å². The van der Waals surface area contributed by atoms with Gasteiger partial charge in [0.05, 0.1) is 31.3 Å². The molecule has 1 aromatic carbocycles. The molecule has 1 atom stereocenters. The van der Waals surface area contributed by atoms with Crippen LogP contribution in [0.15, 0.2) is 17.1 Å². The molecule has 0 aliphatic carbocycles. The van der Waals surface area contributed by atoms with Crippen LogP contribution in [0.2, 0.25) is 5.02 Å². The molecule has 2 aliphatic heterocycles. The van der Waals surface area contributed by atoms with Crippen LogP contribution in [0.25, 0.3) is 0 Å². The number of hydrogen-bond acceptors (Lipinski definition) is 7. The van der Waals surface area contributed by atoms with Gasteiger partial charge in [-0.25, -0.2) is 4.79 Å². The van der Waals surface area contributed by atoms with E-state index >= 15 is 0 Å². The molecule has 0 saturated carbocycles. The van der Waals surface area contributed by atoms with Gasteiger partial charge in [0.15, 0.2) is 17.5 Å². The summed E-state index contributed by atoms with van der Waals surface area (Å²) < 4.78 is 16.5. The van der Waals surface area contributed by atoms with Crippen molar-refractivity contribution in [1.29, 1.82) is 0 Å². The van der Waals surface area contributed by atoms with Crippen molar-refractivity contribution >= 4 is 47.6 Å². The van der Waals surface area contributed by atoms with Gasteiger partial charge in [-0.2, -0.15) is 0 Å². The highest BCUT2D eigenvalue weighted by Crippen LogP contribution is 2.36. The molecule has 1 fully saturated rings. The summed E-state index contributed by atoms with van der Waals surface area (Å²) in [5, 5.41) is 3.91. The minimum Gasteiger partial charge on any atom is -0.493 e. The Morgan fingerprint density at radius 3 is 2.71 bits per heavy atom. The number of fused-ring (bicyclic) bond motifs is 1. The summed E-state index contributed by atoms with van der Waals surface area (Å²) in [5.74, 6) is 2.01. The van der Waals surface area contributed by atoms with Crippen molar-refractivity contribution in [3.63, 3.8) is 0 Å². The van der Waals surface area contributed by atoms with Gasteiger partial charge >= 0.3 is 6.09 Å². The third kappa shape index (κ3) is 6.44. The topological polar surface area (TPSA) is 75.6 Å². The van der Waals surface area contributed by atoms with Crippen molar-refractivity contribution in [1.82, 2.24) is 15.1 Å². The van der Waals surface area contributed by atoms with E-state index in [4.69, 9.17) is 25.8 Å². The van der Waals surface area contributed by atoms with Gasteiger partial charge in [-0.1, -0.05) is 11.6 Å². The second-order valence-corrected chi connectivity index (χ2v) is 8.74. The van der Waals surface area contributed by atoms with E-state index in [1.165, 1.54) is 0 Å². The molecule has 1 aromatic rings. The zero-order chi connectivity index (χ0) is 21.9. The van der Waals surface area contributed by atoms with Gasteiger partial charge in [-0.05, 0) is 45.4 Å². The average Bonchev–Trinajstić information content (AvgIpc) is 3.09. The van der Waals surface area contributed by atoms with Crippen LogP contribution in [0.5, 0.6) is 11.5 Å². The largest absolute Gasteiger partial charge is 0.493 e. The molecule has 0 radical (unpaired) electrons. The molecule has 1 saturated heterocycles. The lowest BCUT2D eigenvalue weighted by molar-refractivity contribution is 0.0137. The minimum atomic E-state index is -0.493. The number of halogens is 2. The Bertz CT molecular complexity index is 815. The van der Waals surface area contributed by atoms with Crippen LogP contribution in [0, 0.1) is 0 Å². The molecule has 3 rings (SSSR count). The molecular formula is C21H32ClIN4O4. The Balaban J connectivity index is 0.00000341. The van der Waals surface area contributed by atoms with Gasteiger partial charge in [0.1, 0.15) is 5.60 Å². The molecular weight excluding hydrogens is 535 g/mol. The number of nitrogens with zero attached hydrogens (tertiary/aromatic N) is 3. The summed E-state index contributed by atoms with van der Waals surface area (Å²) in [7, 11) is 1.60. The first kappa shape index (κ1) is 25.6. The second-order valence-electron chi connectivity index (χ2n) is 8.33. The van der Waals surface area contributed by atoms with Crippen LogP contribution < -0.4 is 14.8 Å². The quantitative estimate of drug-likeness (QED) is 0.548. The molecule has 10 heteroatoms. The number of piperazine rings is 1. The Morgan fingerprint density at radius 2 is 2.06 bits per heavy atom. The predicted octanol–water partition coefficient (Wildman–Crippen LogP) is 3.75. The zero-order valence-corrected chi connectivity index (χ0v) is 21.8. The number of methoxy groups -OCH3 is 1. The van der Waals surface area contributed by atoms with Gasteiger partial charge in [0.2, 0.25) is 0 Å². The van der Waals surface area contributed by atoms with Crippen LogP contribution in [0.4, 0.5) is 4.79 Å². The van der Waals surface area contributed by atoms with Crippen LogP contribution in [-0.2, 0) is 11.3 Å². The number of guanidine groups is 1. The predicted molar refractivity (Wildman–Crippen MR) is 132 cm³/mol. The molecule has 31 heavy (non-hydrogen) atoms. The Hall–Kier alpha value is -1.62. The molecule has 0 aromatic heterocycles. The van der Waals surface area contributed by atoms with Crippen molar-refractivity contribution in [3.05, 3.63) is 22.7 Å². The first-order valence-corrected chi connectivity index (χ1v) is 10.6. The van der Waals surface area contributed by atoms with Gasteiger partial charge in [-0.15, -0.1) is 24.0 Å². The van der Waals surface area contributed by atoms with Gasteiger partial charge in [-0.3, -0.25) is 4.99 Å². The highest BCUT2D eigenvalue weighted by atomic mass is 127. The lowest BCUT2D eigenvalue weighted by Gasteiger charge is -2.39. The number of carbonyl (C=O) groups excluding carboxylic acids is 1. The Morgan fingerprint density at radius 1 is 1.32 bits per heavy atom. The molecule has 2 aliphatic rings. The summed E-state index contributed by atoms with van der Waals surface area (Å²) in [6.45, 7) is 11.2. The fourth-order valence-electron chi connectivity index (χ4n) is 3.56. The highest BCUT2D eigenvalue weighted by molar-refractivity contribution is 14.0. The first-order chi connectivity index (χ1) is 14.2. The maximum absolute atomic E-state index is 12.4. The third-order valence-corrected chi connectivity index (χ3v) is 5.17. The van der Waals surface area contributed by atoms with Crippen molar-refractivity contribution in [3.8, 4) is 11.5 Å². The van der Waals surface area contributed by atoms with E-state index in [0.29, 0.717) is 55.9 Å². The lowest BCUT2D eigenvalue weighted by atomic mass is 10.2. The monoisotopic (exact) mass is 566 g/mol. The van der Waals surface area contributed by atoms with Gasteiger partial charge in [0, 0.05) is 26.2 Å². The number of aliphatic imine (C=N–C) groups is 1. The average molecular weight is 567 g/mol. The molecule has 2 heterocycles. The fraction of sp³-hybridized carbons (Fsp3) is 0.619. The number of carbonyl (C=O) groups is 1. The van der Waals surface area contributed by atoms with Crippen molar-refractivity contribution in [2.24, 2.45) is 4.99 Å². The molecule has 0 spiro atoms. The smallest absolute Gasteiger partial charge is 0.410 e. The number of benzene rings is 1. The van der Waals surface area contributed by atoms with E-state index in [1.807, 2.05) is 39.8 Å². The van der Waals surface area contributed by atoms with Crippen LogP contribution in [-0.4, -0.2) is 73.4 Å². The number of rotatable bonds is 5. The van der Waals surface area contributed by atoms with E-state index in [0.717, 1.165) is 11.5 Å². The van der Waals surface area contributed by atoms with E-state index in [-0.39, 0.29) is 36.1 Å². The molecule has 1 unspecified atom stereocenters. The second kappa shape index (κ2) is 10.8. The Labute approximate surface area is 206 Å². The highest BCUT2D eigenvalue weighted by Gasteiger charge is 2.36. The molecule has 174 valence electrons. The van der Waals surface area contributed by atoms with Crippen LogP contribution in [0.3, 0.4) is 0 Å². The summed E-state index contributed by atoms with van der Waals surface area (Å²) in [5.41, 5.74) is 0.478. The summed E-state index contributed by atoms with van der Waals surface area (Å²) in [6, 6.07) is 3.94. The van der Waals surface area contributed by atoms with Crippen molar-refractivity contribution < 1.29 is 19.0 Å². The maximum atomic E-state index is 12.4. The third-order valence-electron chi connectivity index (χ3n) is 4.89. The molecule has 0 bridgehead atoms. The number of ether oxygens (including phenoxy) is 3. The summed E-state index contributed by atoms with van der Waals surface area (Å²) in [4.78, 5) is 21.0. The zero-order valence-electron chi connectivity index (χ0n) is 18.7. The number of hydrogen-bond donors (Lipinski definition) is 1. The van der Waals surface area contributed by atoms with Crippen LogP contribution >= 0.6 is 35.6 Å². The van der Waals surface area contributed by atoms with E-state index in [1.54, 1.807) is 12.0 Å². The molecule has 1 N–H and O–H groups in total. The first-order valence-electron chi connectivity index (χ1n) is 10.2. The maximum Gasteiger partial charge on any atom is 0.410 e. The summed E-state index contributed by atoms with van der Waals surface area (Å²) in [6.07, 6.45) is -0.264.